The van der Waals surface area contributed by atoms with Crippen LogP contribution >= 0.6 is 11.3 Å². The Bertz CT molecular complexity index is 3800. The predicted octanol–water partition coefficient (Wildman–Crippen LogP) is 16.7. The number of furan rings is 1. The molecular weight excluding hydrogens is 721 g/mol. The molecule has 1 nitrogen and oxygen atoms in total. The Balaban J connectivity index is 0.916. The first-order valence-corrected chi connectivity index (χ1v) is 20.7. The van der Waals surface area contributed by atoms with Gasteiger partial charge < -0.3 is 4.42 Å². The van der Waals surface area contributed by atoms with Crippen LogP contribution in [-0.2, 0) is 0 Å². The first-order chi connectivity index (χ1) is 28.7. The summed E-state index contributed by atoms with van der Waals surface area (Å²) < 4.78 is 8.82. The lowest BCUT2D eigenvalue weighted by Crippen LogP contribution is -1.91. The van der Waals surface area contributed by atoms with Crippen LogP contribution in [0.25, 0.3) is 129 Å². The first-order valence-electron chi connectivity index (χ1n) is 19.9. The lowest BCUT2D eigenvalue weighted by Gasteiger charge is -2.19. The summed E-state index contributed by atoms with van der Waals surface area (Å²) >= 11 is 1.86. The van der Waals surface area contributed by atoms with Crippen LogP contribution in [0.15, 0.2) is 199 Å². The number of rotatable bonds is 3. The van der Waals surface area contributed by atoms with Crippen molar-refractivity contribution in [2.45, 2.75) is 0 Å². The highest BCUT2D eigenvalue weighted by atomic mass is 32.1. The zero-order chi connectivity index (χ0) is 37.9. The Kier molecular flexibility index (Phi) is 6.66. The summed E-state index contributed by atoms with van der Waals surface area (Å²) in [6.07, 6.45) is 0. The van der Waals surface area contributed by atoms with Crippen molar-refractivity contribution in [2.75, 3.05) is 0 Å². The average molecular weight is 753 g/mol. The van der Waals surface area contributed by atoms with Crippen LogP contribution in [0.2, 0.25) is 0 Å². The van der Waals surface area contributed by atoms with Crippen LogP contribution < -0.4 is 0 Å². The SMILES string of the molecule is c1ccc2c(-c3c4ccccc4c(-c4ccc5cc(-c6ccc7c(ccc8c9cc%10c(cc9sc78)oc7ccccc7%10)c6)ccc5c4)c4ccccc34)cccc2c1. The molecule has 0 unspecified atom stereocenters. The summed E-state index contributed by atoms with van der Waals surface area (Å²) in [5.41, 5.74) is 9.43. The highest BCUT2D eigenvalue weighted by Gasteiger charge is 2.19. The third-order valence-corrected chi connectivity index (χ3v) is 13.6. The summed E-state index contributed by atoms with van der Waals surface area (Å²) in [6, 6.07) is 71.6. The maximum atomic E-state index is 6.24. The maximum Gasteiger partial charge on any atom is 0.136 e. The fourth-order valence-electron chi connectivity index (χ4n) is 9.71. The van der Waals surface area contributed by atoms with Crippen molar-refractivity contribution in [1.82, 2.24) is 0 Å². The monoisotopic (exact) mass is 752 g/mol. The number of benzene rings is 11. The standard InChI is InChI=1S/C56H32OS/c1-2-12-40-33(10-1)11-9-18-43(40)55-46-16-5-3-14-44(46)54(45-15-4-6-17-47(45)55)39-23-22-35-28-34(20-21-36(35)30-39)37-24-26-41-38(29-37)25-27-48-50-31-49-42-13-7-8-19-51(42)57-52(49)32-53(50)58-56(41)48/h1-32H. The van der Waals surface area contributed by atoms with Gasteiger partial charge in [0.1, 0.15) is 11.2 Å². The Labute approximate surface area is 337 Å². The van der Waals surface area contributed by atoms with E-state index in [1.54, 1.807) is 0 Å². The normalized spacial score (nSPS) is 12.1. The van der Waals surface area contributed by atoms with Crippen LogP contribution in [0.1, 0.15) is 0 Å². The minimum absolute atomic E-state index is 0.941. The first kappa shape index (κ1) is 31.9. The summed E-state index contributed by atoms with van der Waals surface area (Å²) in [5.74, 6) is 0. The van der Waals surface area contributed by atoms with E-state index in [-0.39, 0.29) is 0 Å². The van der Waals surface area contributed by atoms with E-state index in [2.05, 4.69) is 188 Å². The predicted molar refractivity (Wildman–Crippen MR) is 250 cm³/mol. The summed E-state index contributed by atoms with van der Waals surface area (Å²) in [7, 11) is 0. The van der Waals surface area contributed by atoms with Gasteiger partial charge in [0.15, 0.2) is 0 Å². The molecule has 58 heavy (non-hydrogen) atoms. The number of fused-ring (bicyclic) bond motifs is 12. The van der Waals surface area contributed by atoms with E-state index < -0.39 is 0 Å². The van der Waals surface area contributed by atoms with Crippen molar-refractivity contribution in [3.8, 4) is 33.4 Å². The molecule has 0 saturated heterocycles. The third-order valence-electron chi connectivity index (χ3n) is 12.4. The highest BCUT2D eigenvalue weighted by Crippen LogP contribution is 2.46. The minimum Gasteiger partial charge on any atom is -0.456 e. The zero-order valence-electron chi connectivity index (χ0n) is 31.3. The van der Waals surface area contributed by atoms with Crippen molar-refractivity contribution in [2.24, 2.45) is 0 Å². The van der Waals surface area contributed by atoms with E-state index in [9.17, 15) is 0 Å². The molecule has 0 spiro atoms. The fraction of sp³-hybridized carbons (Fsp3) is 0. The van der Waals surface area contributed by atoms with Gasteiger partial charge in [-0.15, -0.1) is 11.3 Å². The number of hydrogen-bond donors (Lipinski definition) is 0. The molecule has 0 aliphatic rings. The molecule has 0 aliphatic heterocycles. The molecule has 2 aromatic heterocycles. The van der Waals surface area contributed by atoms with E-state index in [4.69, 9.17) is 4.42 Å². The summed E-state index contributed by atoms with van der Waals surface area (Å²) in [4.78, 5) is 0. The summed E-state index contributed by atoms with van der Waals surface area (Å²) in [5, 5.41) is 17.6. The highest BCUT2D eigenvalue weighted by molar-refractivity contribution is 7.26. The van der Waals surface area contributed by atoms with Crippen LogP contribution in [0.3, 0.4) is 0 Å². The molecule has 0 saturated carbocycles. The van der Waals surface area contributed by atoms with E-state index >= 15 is 0 Å². The number of thiophene rings is 1. The average Bonchev–Trinajstić information content (AvgIpc) is 3.84. The second-order valence-corrected chi connectivity index (χ2v) is 16.6. The molecule has 2 heteroatoms. The second kappa shape index (κ2) is 12.1. The van der Waals surface area contributed by atoms with Gasteiger partial charge in [-0.25, -0.2) is 0 Å². The molecule has 11 aromatic carbocycles. The zero-order valence-corrected chi connectivity index (χ0v) is 32.1. The van der Waals surface area contributed by atoms with Crippen molar-refractivity contribution in [1.29, 1.82) is 0 Å². The second-order valence-electron chi connectivity index (χ2n) is 15.6. The lowest BCUT2D eigenvalue weighted by atomic mass is 9.84. The molecule has 2 heterocycles. The van der Waals surface area contributed by atoms with Gasteiger partial charge in [0, 0.05) is 30.9 Å². The quantitative estimate of drug-likeness (QED) is 0.164. The molecular formula is C56H32OS. The van der Waals surface area contributed by atoms with E-state index in [1.807, 2.05) is 17.4 Å². The van der Waals surface area contributed by atoms with E-state index in [0.717, 1.165) is 11.2 Å². The molecule has 0 fully saturated rings. The van der Waals surface area contributed by atoms with Gasteiger partial charge >= 0.3 is 0 Å². The Morgan fingerprint density at radius 3 is 1.64 bits per heavy atom. The van der Waals surface area contributed by atoms with E-state index in [0.29, 0.717) is 0 Å². The third kappa shape index (κ3) is 4.64. The van der Waals surface area contributed by atoms with Gasteiger partial charge in [-0.05, 0) is 124 Å². The van der Waals surface area contributed by atoms with Gasteiger partial charge in [-0.1, -0.05) is 158 Å². The van der Waals surface area contributed by atoms with Crippen LogP contribution in [0.5, 0.6) is 0 Å². The van der Waals surface area contributed by atoms with Gasteiger partial charge in [0.25, 0.3) is 0 Å². The molecule has 268 valence electrons. The van der Waals surface area contributed by atoms with Crippen LogP contribution in [0.4, 0.5) is 0 Å². The Hall–Kier alpha value is -7.26. The summed E-state index contributed by atoms with van der Waals surface area (Å²) in [6.45, 7) is 0. The molecule has 0 aliphatic carbocycles. The van der Waals surface area contributed by atoms with Crippen molar-refractivity contribution >= 4 is 107 Å². The number of para-hydroxylation sites is 1. The van der Waals surface area contributed by atoms with Crippen molar-refractivity contribution in [3.63, 3.8) is 0 Å². The number of hydrogen-bond acceptors (Lipinski definition) is 2. The van der Waals surface area contributed by atoms with Crippen molar-refractivity contribution < 1.29 is 4.42 Å². The molecule has 13 aromatic rings. The van der Waals surface area contributed by atoms with Gasteiger partial charge in [-0.3, -0.25) is 0 Å². The largest absolute Gasteiger partial charge is 0.456 e. The molecule has 0 atom stereocenters. The van der Waals surface area contributed by atoms with Gasteiger partial charge in [0.2, 0.25) is 0 Å². The minimum atomic E-state index is 0.941. The topological polar surface area (TPSA) is 13.1 Å². The van der Waals surface area contributed by atoms with E-state index in [1.165, 1.54) is 118 Å². The molecule has 0 radical (unpaired) electrons. The van der Waals surface area contributed by atoms with Crippen LogP contribution in [-0.4, -0.2) is 0 Å². The van der Waals surface area contributed by atoms with Crippen LogP contribution in [0, 0.1) is 0 Å². The Morgan fingerprint density at radius 2 is 0.862 bits per heavy atom. The molecule has 0 amide bonds. The van der Waals surface area contributed by atoms with Crippen molar-refractivity contribution in [3.05, 3.63) is 194 Å². The van der Waals surface area contributed by atoms with Gasteiger partial charge in [-0.2, -0.15) is 0 Å². The lowest BCUT2D eigenvalue weighted by molar-refractivity contribution is 0.669. The maximum absolute atomic E-state index is 6.24. The molecule has 0 N–H and O–H groups in total. The fourth-order valence-corrected chi connectivity index (χ4v) is 11.0. The molecule has 13 rings (SSSR count). The Morgan fingerprint density at radius 1 is 0.293 bits per heavy atom. The smallest absolute Gasteiger partial charge is 0.136 e. The van der Waals surface area contributed by atoms with Gasteiger partial charge in [0.05, 0.1) is 0 Å². The molecule has 0 bridgehead atoms.